The zero-order valence-electron chi connectivity index (χ0n) is 16.2. The third kappa shape index (κ3) is 4.54. The monoisotopic (exact) mass is 372 g/mol. The Morgan fingerprint density at radius 3 is 2.48 bits per heavy atom. The van der Waals surface area contributed by atoms with E-state index in [1.54, 1.807) is 4.68 Å². The smallest absolute Gasteiger partial charge is 0.227 e. The number of morpholine rings is 1. The van der Waals surface area contributed by atoms with Crippen LogP contribution in [0.2, 0.25) is 0 Å². The Bertz CT molecular complexity index is 750. The van der Waals surface area contributed by atoms with Crippen molar-refractivity contribution in [3.8, 4) is 0 Å². The summed E-state index contributed by atoms with van der Waals surface area (Å²) in [5.74, 6) is 1.87. The predicted molar refractivity (Wildman–Crippen MR) is 103 cm³/mol. The van der Waals surface area contributed by atoms with Gasteiger partial charge in [-0.15, -0.1) is 5.10 Å². The Balaban J connectivity index is 1.34. The minimum absolute atomic E-state index is 0.767. The van der Waals surface area contributed by atoms with Gasteiger partial charge in [-0.25, -0.2) is 4.98 Å². The van der Waals surface area contributed by atoms with Gasteiger partial charge in [-0.2, -0.15) is 4.98 Å². The molecule has 0 saturated carbocycles. The molecule has 0 unspecified atom stereocenters. The topological polar surface area (TPSA) is 75.4 Å². The average molecular weight is 372 g/mol. The third-order valence-electron chi connectivity index (χ3n) is 5.15. The van der Waals surface area contributed by atoms with E-state index < -0.39 is 0 Å². The Morgan fingerprint density at radius 2 is 1.78 bits per heavy atom. The number of ether oxygens (including phenoxy) is 1. The van der Waals surface area contributed by atoms with Crippen LogP contribution < -0.4 is 9.80 Å². The lowest BCUT2D eigenvalue weighted by Crippen LogP contribution is -2.47. The van der Waals surface area contributed by atoms with Gasteiger partial charge in [0.25, 0.3) is 0 Å². The van der Waals surface area contributed by atoms with Crippen LogP contribution in [0.1, 0.15) is 11.4 Å². The summed E-state index contributed by atoms with van der Waals surface area (Å²) < 4.78 is 7.21. The van der Waals surface area contributed by atoms with Crippen LogP contribution in [0.4, 0.5) is 11.8 Å². The van der Waals surface area contributed by atoms with Gasteiger partial charge in [0, 0.05) is 77.2 Å². The highest BCUT2D eigenvalue weighted by atomic mass is 16.5. The number of piperazine rings is 1. The molecule has 0 amide bonds. The lowest BCUT2D eigenvalue weighted by atomic mass is 10.2. The molecule has 0 radical (unpaired) electrons. The summed E-state index contributed by atoms with van der Waals surface area (Å²) in [4.78, 5) is 16.6. The van der Waals surface area contributed by atoms with Crippen LogP contribution in [-0.2, 0) is 18.2 Å². The molecular weight excluding hydrogens is 344 g/mol. The van der Waals surface area contributed by atoms with Crippen molar-refractivity contribution in [1.82, 2.24) is 29.9 Å². The maximum Gasteiger partial charge on any atom is 0.227 e. The number of aromatic nitrogens is 5. The van der Waals surface area contributed by atoms with Gasteiger partial charge in [-0.1, -0.05) is 5.21 Å². The molecule has 2 fully saturated rings. The molecule has 4 heterocycles. The summed E-state index contributed by atoms with van der Waals surface area (Å²) in [6.07, 6.45) is 2.93. The Kier molecular flexibility index (Phi) is 5.49. The van der Waals surface area contributed by atoms with Crippen molar-refractivity contribution in [2.45, 2.75) is 13.3 Å². The number of hydrogen-bond acceptors (Lipinski definition) is 8. The van der Waals surface area contributed by atoms with E-state index in [1.807, 2.05) is 20.2 Å². The minimum Gasteiger partial charge on any atom is -0.378 e. The first kappa shape index (κ1) is 18.1. The van der Waals surface area contributed by atoms with Gasteiger partial charge in [-0.3, -0.25) is 9.58 Å². The first-order chi connectivity index (χ1) is 13.2. The van der Waals surface area contributed by atoms with Crippen LogP contribution in [-0.4, -0.2) is 88.9 Å². The number of anilines is 2. The second kappa shape index (κ2) is 8.18. The fraction of sp³-hybridized carbons (Fsp3) is 0.667. The van der Waals surface area contributed by atoms with E-state index in [2.05, 4.69) is 31.1 Å². The summed E-state index contributed by atoms with van der Waals surface area (Å²) in [7, 11) is 1.91. The van der Waals surface area contributed by atoms with Crippen molar-refractivity contribution < 1.29 is 4.74 Å². The maximum atomic E-state index is 5.46. The van der Waals surface area contributed by atoms with E-state index in [9.17, 15) is 0 Å². The summed E-state index contributed by atoms with van der Waals surface area (Å²) >= 11 is 0. The average Bonchev–Trinajstić information content (AvgIpc) is 3.12. The number of nitrogens with zero attached hydrogens (tertiary/aromatic N) is 8. The quantitative estimate of drug-likeness (QED) is 0.732. The molecule has 0 atom stereocenters. The Hall–Kier alpha value is -2.26. The molecule has 0 aromatic carbocycles. The molecule has 0 N–H and O–H groups in total. The van der Waals surface area contributed by atoms with Crippen molar-refractivity contribution in [2.24, 2.45) is 7.05 Å². The lowest BCUT2D eigenvalue weighted by molar-refractivity contribution is 0.122. The molecule has 2 aromatic rings. The highest BCUT2D eigenvalue weighted by molar-refractivity contribution is 5.46. The van der Waals surface area contributed by atoms with Gasteiger partial charge in [-0.05, 0) is 6.92 Å². The molecule has 9 nitrogen and oxygen atoms in total. The summed E-state index contributed by atoms with van der Waals surface area (Å²) in [6, 6.07) is 2.08. The highest BCUT2D eigenvalue weighted by Crippen LogP contribution is 2.19. The summed E-state index contributed by atoms with van der Waals surface area (Å²) in [6.45, 7) is 10.3. The van der Waals surface area contributed by atoms with E-state index in [4.69, 9.17) is 14.7 Å². The van der Waals surface area contributed by atoms with E-state index in [1.165, 1.54) is 0 Å². The number of aryl methyl sites for hydroxylation is 2. The second-order valence-electron chi connectivity index (χ2n) is 7.23. The third-order valence-corrected chi connectivity index (χ3v) is 5.15. The number of rotatable bonds is 5. The fourth-order valence-electron chi connectivity index (χ4n) is 3.59. The van der Waals surface area contributed by atoms with E-state index in [0.717, 1.165) is 88.6 Å². The highest BCUT2D eigenvalue weighted by Gasteiger charge is 2.21. The van der Waals surface area contributed by atoms with Crippen LogP contribution in [0.15, 0.2) is 12.3 Å². The van der Waals surface area contributed by atoms with Gasteiger partial charge in [0.15, 0.2) is 0 Å². The molecular formula is C18H28N8O. The molecule has 2 aliphatic rings. The molecule has 0 spiro atoms. The largest absolute Gasteiger partial charge is 0.378 e. The van der Waals surface area contributed by atoms with Crippen molar-refractivity contribution in [3.05, 3.63) is 23.7 Å². The molecule has 27 heavy (non-hydrogen) atoms. The van der Waals surface area contributed by atoms with Crippen LogP contribution in [0.5, 0.6) is 0 Å². The molecule has 2 aromatic heterocycles. The Morgan fingerprint density at radius 1 is 1.00 bits per heavy atom. The summed E-state index contributed by atoms with van der Waals surface area (Å²) in [5, 5.41) is 8.17. The summed E-state index contributed by atoms with van der Waals surface area (Å²) in [5.41, 5.74) is 2.07. The first-order valence-corrected chi connectivity index (χ1v) is 9.68. The maximum absolute atomic E-state index is 5.46. The van der Waals surface area contributed by atoms with Gasteiger partial charge >= 0.3 is 0 Å². The fourth-order valence-corrected chi connectivity index (χ4v) is 3.59. The van der Waals surface area contributed by atoms with E-state index in [-0.39, 0.29) is 0 Å². The molecule has 2 aliphatic heterocycles. The van der Waals surface area contributed by atoms with Crippen LogP contribution in [0.25, 0.3) is 0 Å². The second-order valence-corrected chi connectivity index (χ2v) is 7.23. The molecule has 0 aliphatic carbocycles. The van der Waals surface area contributed by atoms with Gasteiger partial charge < -0.3 is 14.5 Å². The minimum atomic E-state index is 0.767. The lowest BCUT2D eigenvalue weighted by Gasteiger charge is -2.35. The van der Waals surface area contributed by atoms with Crippen molar-refractivity contribution in [2.75, 3.05) is 68.8 Å². The standard InChI is InChI=1S/C18H28N8O/c1-15-13-17(25-9-11-27-12-10-25)20-18(19-15)26-7-5-24(6-8-26)4-3-16-14-23(2)22-21-16/h13-14H,3-12H2,1-2H3. The zero-order valence-corrected chi connectivity index (χ0v) is 16.2. The van der Waals surface area contributed by atoms with E-state index in [0.29, 0.717) is 0 Å². The van der Waals surface area contributed by atoms with E-state index >= 15 is 0 Å². The first-order valence-electron chi connectivity index (χ1n) is 9.68. The predicted octanol–water partition coefficient (Wildman–Crippen LogP) is 0.115. The number of hydrogen-bond donors (Lipinski definition) is 0. The van der Waals surface area contributed by atoms with Gasteiger partial charge in [0.05, 0.1) is 18.9 Å². The SMILES string of the molecule is Cc1cc(N2CCOCC2)nc(N2CCN(CCc3cn(C)nn3)CC2)n1. The Labute approximate surface area is 159 Å². The van der Waals surface area contributed by atoms with Crippen molar-refractivity contribution in [3.63, 3.8) is 0 Å². The van der Waals surface area contributed by atoms with Crippen LogP contribution in [0.3, 0.4) is 0 Å². The normalized spacial score (nSPS) is 18.9. The molecule has 0 bridgehead atoms. The van der Waals surface area contributed by atoms with Crippen LogP contribution in [0, 0.1) is 6.92 Å². The van der Waals surface area contributed by atoms with Crippen molar-refractivity contribution in [1.29, 1.82) is 0 Å². The molecule has 9 heteroatoms. The molecule has 4 rings (SSSR count). The molecule has 146 valence electrons. The molecule has 2 saturated heterocycles. The zero-order chi connectivity index (χ0) is 18.6. The van der Waals surface area contributed by atoms with Gasteiger partial charge in [0.1, 0.15) is 5.82 Å². The van der Waals surface area contributed by atoms with Crippen LogP contribution >= 0.6 is 0 Å². The van der Waals surface area contributed by atoms with Crippen molar-refractivity contribution >= 4 is 11.8 Å². The van der Waals surface area contributed by atoms with Gasteiger partial charge in [0.2, 0.25) is 5.95 Å².